The van der Waals surface area contributed by atoms with E-state index in [0.29, 0.717) is 6.61 Å². The summed E-state index contributed by atoms with van der Waals surface area (Å²) in [5, 5.41) is 2.80. The number of nitrogens with zero attached hydrogens (tertiary/aromatic N) is 1. The van der Waals surface area contributed by atoms with Gasteiger partial charge in [0.15, 0.2) is 0 Å². The minimum Gasteiger partial charge on any atom is -0.490 e. The van der Waals surface area contributed by atoms with E-state index < -0.39 is 0 Å². The Morgan fingerprint density at radius 1 is 1.24 bits per heavy atom. The van der Waals surface area contributed by atoms with Crippen LogP contribution in [0.5, 0.6) is 5.75 Å². The van der Waals surface area contributed by atoms with E-state index in [4.69, 9.17) is 4.74 Å². The first-order chi connectivity index (χ1) is 10.3. The number of amides is 1. The maximum absolute atomic E-state index is 10.7. The molecule has 21 heavy (non-hydrogen) atoms. The first kappa shape index (κ1) is 15.0. The number of carbonyl (C=O) groups is 1. The number of hydrogen-bond donors (Lipinski definition) is 1. The molecule has 0 saturated carbocycles. The van der Waals surface area contributed by atoms with Gasteiger partial charge in [-0.15, -0.1) is 0 Å². The second-order valence-corrected chi connectivity index (χ2v) is 4.86. The van der Waals surface area contributed by atoms with E-state index in [0.717, 1.165) is 30.6 Å². The summed E-state index contributed by atoms with van der Waals surface area (Å²) < 4.78 is 5.75. The van der Waals surface area contributed by atoms with Crippen molar-refractivity contribution in [2.45, 2.75) is 25.8 Å². The SMILES string of the molecule is CCc1cncc(OC[C@@H](Cc2ccccc2)NC=O)c1. The van der Waals surface area contributed by atoms with E-state index in [1.807, 2.05) is 42.6 Å². The summed E-state index contributed by atoms with van der Waals surface area (Å²) in [6.45, 7) is 2.50. The lowest BCUT2D eigenvalue weighted by molar-refractivity contribution is -0.110. The van der Waals surface area contributed by atoms with Crippen LogP contribution in [0.2, 0.25) is 0 Å². The number of carbonyl (C=O) groups excluding carboxylic acids is 1. The van der Waals surface area contributed by atoms with Crippen molar-refractivity contribution in [1.29, 1.82) is 0 Å². The highest BCUT2D eigenvalue weighted by Crippen LogP contribution is 2.12. The molecule has 0 aliphatic carbocycles. The Kier molecular flexibility index (Phi) is 5.76. The molecule has 1 aromatic carbocycles. The monoisotopic (exact) mass is 284 g/mol. The second-order valence-electron chi connectivity index (χ2n) is 4.86. The Balaban J connectivity index is 1.94. The van der Waals surface area contributed by atoms with E-state index in [-0.39, 0.29) is 6.04 Å². The van der Waals surface area contributed by atoms with Crippen molar-refractivity contribution in [1.82, 2.24) is 10.3 Å². The van der Waals surface area contributed by atoms with Crippen LogP contribution < -0.4 is 10.1 Å². The van der Waals surface area contributed by atoms with E-state index in [1.54, 1.807) is 6.20 Å². The highest BCUT2D eigenvalue weighted by molar-refractivity contribution is 5.47. The van der Waals surface area contributed by atoms with Crippen LogP contribution in [0.15, 0.2) is 48.8 Å². The number of pyridine rings is 1. The predicted molar refractivity (Wildman–Crippen MR) is 82.2 cm³/mol. The minimum absolute atomic E-state index is 0.0600. The predicted octanol–water partition coefficient (Wildman–Crippen LogP) is 2.38. The molecule has 1 N–H and O–H groups in total. The molecule has 0 aliphatic rings. The lowest BCUT2D eigenvalue weighted by Crippen LogP contribution is -2.35. The van der Waals surface area contributed by atoms with Crippen LogP contribution >= 0.6 is 0 Å². The fraction of sp³-hybridized carbons (Fsp3) is 0.294. The zero-order chi connectivity index (χ0) is 14.9. The maximum Gasteiger partial charge on any atom is 0.207 e. The summed E-state index contributed by atoms with van der Waals surface area (Å²) in [5.41, 5.74) is 2.30. The van der Waals surface area contributed by atoms with E-state index >= 15 is 0 Å². The van der Waals surface area contributed by atoms with Crippen molar-refractivity contribution in [3.05, 3.63) is 59.9 Å². The summed E-state index contributed by atoms with van der Waals surface area (Å²) >= 11 is 0. The third kappa shape index (κ3) is 4.91. The van der Waals surface area contributed by atoms with E-state index in [9.17, 15) is 4.79 Å². The third-order valence-electron chi connectivity index (χ3n) is 3.26. The van der Waals surface area contributed by atoms with Crippen molar-refractivity contribution >= 4 is 6.41 Å². The summed E-state index contributed by atoms with van der Waals surface area (Å²) in [6, 6.07) is 12.0. The van der Waals surface area contributed by atoms with Crippen molar-refractivity contribution < 1.29 is 9.53 Å². The molecular formula is C17H20N2O2. The van der Waals surface area contributed by atoms with Gasteiger partial charge in [-0.05, 0) is 30.0 Å². The maximum atomic E-state index is 10.7. The van der Waals surface area contributed by atoms with Crippen molar-refractivity contribution in [2.24, 2.45) is 0 Å². The largest absolute Gasteiger partial charge is 0.490 e. The lowest BCUT2D eigenvalue weighted by atomic mass is 10.1. The molecule has 0 spiro atoms. The summed E-state index contributed by atoms with van der Waals surface area (Å²) in [6.07, 6.45) is 5.90. The quantitative estimate of drug-likeness (QED) is 0.757. The molecule has 4 heteroatoms. The molecule has 0 radical (unpaired) electrons. The minimum atomic E-state index is -0.0600. The normalized spacial score (nSPS) is 11.7. The molecule has 4 nitrogen and oxygen atoms in total. The average molecular weight is 284 g/mol. The smallest absolute Gasteiger partial charge is 0.207 e. The van der Waals surface area contributed by atoms with Gasteiger partial charge in [0.05, 0.1) is 12.2 Å². The van der Waals surface area contributed by atoms with E-state index in [2.05, 4.69) is 17.2 Å². The Labute approximate surface area is 125 Å². The molecule has 2 rings (SSSR count). The van der Waals surface area contributed by atoms with Crippen LogP contribution in [0.4, 0.5) is 0 Å². The fourth-order valence-corrected chi connectivity index (χ4v) is 2.09. The van der Waals surface area contributed by atoms with Crippen LogP contribution in [0.3, 0.4) is 0 Å². The number of aromatic nitrogens is 1. The van der Waals surface area contributed by atoms with Gasteiger partial charge in [-0.1, -0.05) is 37.3 Å². The van der Waals surface area contributed by atoms with Gasteiger partial charge in [-0.25, -0.2) is 0 Å². The Morgan fingerprint density at radius 2 is 2.05 bits per heavy atom. The van der Waals surface area contributed by atoms with Gasteiger partial charge >= 0.3 is 0 Å². The van der Waals surface area contributed by atoms with Gasteiger partial charge in [0.2, 0.25) is 6.41 Å². The Hall–Kier alpha value is -2.36. The average Bonchev–Trinajstić information content (AvgIpc) is 2.54. The molecule has 0 bridgehead atoms. The van der Waals surface area contributed by atoms with Gasteiger partial charge in [0, 0.05) is 6.20 Å². The molecule has 1 amide bonds. The van der Waals surface area contributed by atoms with Crippen LogP contribution in [0.1, 0.15) is 18.1 Å². The van der Waals surface area contributed by atoms with Crippen LogP contribution in [0, 0.1) is 0 Å². The van der Waals surface area contributed by atoms with E-state index in [1.165, 1.54) is 5.56 Å². The highest BCUT2D eigenvalue weighted by Gasteiger charge is 2.10. The lowest BCUT2D eigenvalue weighted by Gasteiger charge is -2.17. The van der Waals surface area contributed by atoms with Gasteiger partial charge in [0.25, 0.3) is 0 Å². The molecular weight excluding hydrogens is 264 g/mol. The first-order valence-electron chi connectivity index (χ1n) is 7.12. The van der Waals surface area contributed by atoms with Crippen molar-refractivity contribution in [3.63, 3.8) is 0 Å². The summed E-state index contributed by atoms with van der Waals surface area (Å²) in [7, 11) is 0. The molecule has 110 valence electrons. The molecule has 0 unspecified atom stereocenters. The molecule has 1 atom stereocenters. The fourth-order valence-electron chi connectivity index (χ4n) is 2.09. The molecule has 0 saturated heterocycles. The standard InChI is InChI=1S/C17H20N2O2/c1-2-14-9-17(11-18-10-14)21-12-16(19-13-20)8-15-6-4-3-5-7-15/h3-7,9-11,13,16H,2,8,12H2,1H3,(H,19,20)/t16-/m1/s1. The van der Waals surface area contributed by atoms with Crippen molar-refractivity contribution in [2.75, 3.05) is 6.61 Å². The molecule has 0 fully saturated rings. The molecule has 2 aromatic rings. The second kappa shape index (κ2) is 8.04. The van der Waals surface area contributed by atoms with Gasteiger partial charge in [-0.3, -0.25) is 9.78 Å². The Bertz CT molecular complexity index is 558. The van der Waals surface area contributed by atoms with Crippen LogP contribution in [0.25, 0.3) is 0 Å². The molecule has 0 aliphatic heterocycles. The number of rotatable bonds is 8. The molecule has 1 heterocycles. The topological polar surface area (TPSA) is 51.2 Å². The zero-order valence-corrected chi connectivity index (χ0v) is 12.2. The first-order valence-corrected chi connectivity index (χ1v) is 7.12. The van der Waals surface area contributed by atoms with Crippen molar-refractivity contribution in [3.8, 4) is 5.75 Å². The van der Waals surface area contributed by atoms with Crippen LogP contribution in [-0.2, 0) is 17.6 Å². The molecule has 1 aromatic heterocycles. The zero-order valence-electron chi connectivity index (χ0n) is 12.2. The number of benzene rings is 1. The number of nitrogens with one attached hydrogen (secondary N) is 1. The van der Waals surface area contributed by atoms with Crippen LogP contribution in [-0.4, -0.2) is 24.0 Å². The number of aryl methyl sites for hydroxylation is 1. The van der Waals surface area contributed by atoms with Gasteiger partial charge in [0.1, 0.15) is 12.4 Å². The number of ether oxygens (including phenoxy) is 1. The van der Waals surface area contributed by atoms with Gasteiger partial charge < -0.3 is 10.1 Å². The number of hydrogen-bond acceptors (Lipinski definition) is 3. The highest BCUT2D eigenvalue weighted by atomic mass is 16.5. The third-order valence-corrected chi connectivity index (χ3v) is 3.26. The summed E-state index contributed by atoms with van der Waals surface area (Å²) in [4.78, 5) is 14.9. The Morgan fingerprint density at radius 3 is 2.76 bits per heavy atom. The van der Waals surface area contributed by atoms with Gasteiger partial charge in [-0.2, -0.15) is 0 Å². The summed E-state index contributed by atoms with van der Waals surface area (Å²) in [5.74, 6) is 0.736.